The Hall–Kier alpha value is -2.02. The molecule has 0 radical (unpaired) electrons. The van der Waals surface area contributed by atoms with Gasteiger partial charge in [-0.2, -0.15) is 0 Å². The van der Waals surface area contributed by atoms with Crippen LogP contribution in [0.5, 0.6) is 5.75 Å². The van der Waals surface area contributed by atoms with Crippen molar-refractivity contribution in [2.75, 3.05) is 18.8 Å². The van der Waals surface area contributed by atoms with Crippen molar-refractivity contribution in [2.24, 2.45) is 0 Å². The molecule has 1 aliphatic rings. The minimum Gasteiger partial charge on any atom is -0.504 e. The summed E-state index contributed by atoms with van der Waals surface area (Å²) in [5.74, 6) is 0.0347. The summed E-state index contributed by atoms with van der Waals surface area (Å²) in [5.41, 5.74) is 7.92. The summed E-state index contributed by atoms with van der Waals surface area (Å²) in [6.45, 7) is 1.71. The average Bonchev–Trinajstić information content (AvgIpc) is 2.34. The van der Waals surface area contributed by atoms with E-state index in [0.29, 0.717) is 5.69 Å². The van der Waals surface area contributed by atoms with Crippen LogP contribution in [-0.4, -0.2) is 39.4 Å². The van der Waals surface area contributed by atoms with E-state index in [4.69, 9.17) is 15.9 Å². The van der Waals surface area contributed by atoms with Gasteiger partial charge in [0.15, 0.2) is 5.75 Å². The first-order valence-corrected chi connectivity index (χ1v) is 5.72. The molecule has 0 bridgehead atoms. The second kappa shape index (κ2) is 7.33. The molecule has 7 heteroatoms. The van der Waals surface area contributed by atoms with Crippen molar-refractivity contribution in [3.8, 4) is 5.75 Å². The van der Waals surface area contributed by atoms with Gasteiger partial charge < -0.3 is 15.9 Å². The maximum atomic E-state index is 10.1. The molecule has 7 nitrogen and oxygen atoms in total. The number of nitrogen functional groups attached to an aromatic ring is 1. The molecule has 0 atom stereocenters. The third kappa shape index (κ3) is 5.35. The average molecular weight is 254 g/mol. The molecule has 18 heavy (non-hydrogen) atoms. The maximum Gasteiger partial charge on any atom is 0.419 e. The topological polar surface area (TPSA) is 112 Å². The Bertz CT molecular complexity index is 359. The fourth-order valence-electron chi connectivity index (χ4n) is 1.54. The van der Waals surface area contributed by atoms with Gasteiger partial charge in [-0.15, -0.1) is 0 Å². The third-order valence-corrected chi connectivity index (χ3v) is 2.44. The fraction of sp³-hybridized carbons (Fsp3) is 0.455. The standard InChI is InChI=1S/C6H12N2O2.C5H6N2O/c9-6(10)7-8-4-2-1-3-5-8;6-4-1-2-7-3-5(4)8/h7H,1-5H2,(H,9,10);1-3,8H,(H2,6,7). The number of hydrazine groups is 1. The molecule has 100 valence electrons. The van der Waals surface area contributed by atoms with Gasteiger partial charge in [0.25, 0.3) is 0 Å². The van der Waals surface area contributed by atoms with E-state index in [1.165, 1.54) is 24.9 Å². The quantitative estimate of drug-likeness (QED) is 0.595. The van der Waals surface area contributed by atoms with Crippen LogP contribution in [0.3, 0.4) is 0 Å². The van der Waals surface area contributed by atoms with E-state index < -0.39 is 6.09 Å². The molecule has 1 aromatic rings. The molecule has 5 N–H and O–H groups in total. The molecule has 0 saturated carbocycles. The Balaban J connectivity index is 0.000000184. The number of aromatic hydroxyl groups is 1. The number of carboxylic acid groups (broad SMARTS) is 1. The first-order valence-electron chi connectivity index (χ1n) is 5.72. The van der Waals surface area contributed by atoms with Gasteiger partial charge in [0.1, 0.15) is 0 Å². The summed E-state index contributed by atoms with van der Waals surface area (Å²) in [7, 11) is 0. The number of piperidine rings is 1. The lowest BCUT2D eigenvalue weighted by atomic mass is 10.2. The van der Waals surface area contributed by atoms with Gasteiger partial charge >= 0.3 is 6.09 Å². The SMILES string of the molecule is Nc1ccncc1O.O=C(O)NN1CCCCC1. The summed E-state index contributed by atoms with van der Waals surface area (Å²) in [6, 6.07) is 1.54. The van der Waals surface area contributed by atoms with Crippen LogP contribution in [0, 0.1) is 0 Å². The first kappa shape index (κ1) is 14.0. The van der Waals surface area contributed by atoms with Crippen LogP contribution in [0.2, 0.25) is 0 Å². The van der Waals surface area contributed by atoms with Crippen molar-refractivity contribution in [2.45, 2.75) is 19.3 Å². The van der Waals surface area contributed by atoms with E-state index in [-0.39, 0.29) is 5.75 Å². The molecular weight excluding hydrogens is 236 g/mol. The van der Waals surface area contributed by atoms with Gasteiger partial charge in [-0.25, -0.2) is 9.80 Å². The lowest BCUT2D eigenvalue weighted by Gasteiger charge is -2.24. The van der Waals surface area contributed by atoms with E-state index in [0.717, 1.165) is 25.9 Å². The van der Waals surface area contributed by atoms with Crippen LogP contribution in [0.25, 0.3) is 0 Å². The molecule has 0 aromatic carbocycles. The van der Waals surface area contributed by atoms with Gasteiger partial charge in [-0.05, 0) is 18.9 Å². The Morgan fingerprint density at radius 3 is 2.50 bits per heavy atom. The van der Waals surface area contributed by atoms with E-state index in [9.17, 15) is 4.79 Å². The van der Waals surface area contributed by atoms with Gasteiger partial charge in [0.05, 0.1) is 11.9 Å². The number of rotatable bonds is 1. The number of nitrogens with zero attached hydrogens (tertiary/aromatic N) is 2. The zero-order valence-corrected chi connectivity index (χ0v) is 10.0. The van der Waals surface area contributed by atoms with Crippen LogP contribution < -0.4 is 11.2 Å². The Kier molecular flexibility index (Phi) is 5.72. The normalized spacial score (nSPS) is 15.3. The van der Waals surface area contributed by atoms with Crippen molar-refractivity contribution in [3.05, 3.63) is 18.5 Å². The molecule has 1 saturated heterocycles. The van der Waals surface area contributed by atoms with Crippen LogP contribution in [0.1, 0.15) is 19.3 Å². The van der Waals surface area contributed by atoms with E-state index in [2.05, 4.69) is 10.4 Å². The predicted molar refractivity (Wildman–Crippen MR) is 66.9 cm³/mol. The van der Waals surface area contributed by atoms with Gasteiger partial charge in [-0.1, -0.05) is 6.42 Å². The number of anilines is 1. The first-order chi connectivity index (χ1) is 8.59. The highest BCUT2D eigenvalue weighted by Gasteiger charge is 2.10. The van der Waals surface area contributed by atoms with Gasteiger partial charge in [0, 0.05) is 19.3 Å². The Labute approximate surface area is 105 Å². The molecule has 0 spiro atoms. The van der Waals surface area contributed by atoms with Crippen LogP contribution >= 0.6 is 0 Å². The largest absolute Gasteiger partial charge is 0.504 e. The highest BCUT2D eigenvalue weighted by molar-refractivity contribution is 5.63. The molecule has 1 aliphatic heterocycles. The predicted octanol–water partition coefficient (Wildman–Crippen LogP) is 1.02. The van der Waals surface area contributed by atoms with E-state index in [1.54, 1.807) is 5.01 Å². The highest BCUT2D eigenvalue weighted by atomic mass is 16.4. The third-order valence-electron chi connectivity index (χ3n) is 2.44. The van der Waals surface area contributed by atoms with Gasteiger partial charge in [-0.3, -0.25) is 10.4 Å². The molecule has 1 aromatic heterocycles. The van der Waals surface area contributed by atoms with Gasteiger partial charge in [0.2, 0.25) is 0 Å². The Morgan fingerprint density at radius 2 is 2.06 bits per heavy atom. The number of hydrogen-bond donors (Lipinski definition) is 4. The zero-order valence-electron chi connectivity index (χ0n) is 10.0. The number of amides is 1. The number of hydrogen-bond acceptors (Lipinski definition) is 5. The number of nitrogens with one attached hydrogen (secondary N) is 1. The van der Waals surface area contributed by atoms with Crippen molar-refractivity contribution in [1.82, 2.24) is 15.4 Å². The van der Waals surface area contributed by atoms with E-state index >= 15 is 0 Å². The monoisotopic (exact) mass is 254 g/mol. The number of pyridine rings is 1. The minimum atomic E-state index is -0.957. The fourth-order valence-corrected chi connectivity index (χ4v) is 1.54. The van der Waals surface area contributed by atoms with Crippen LogP contribution in [0.4, 0.5) is 10.5 Å². The summed E-state index contributed by atoms with van der Waals surface area (Å²) < 4.78 is 0. The maximum absolute atomic E-state index is 10.1. The van der Waals surface area contributed by atoms with Crippen LogP contribution in [0.15, 0.2) is 18.5 Å². The lowest BCUT2D eigenvalue weighted by molar-refractivity contribution is 0.124. The smallest absolute Gasteiger partial charge is 0.419 e. The molecule has 2 rings (SSSR count). The summed E-state index contributed by atoms with van der Waals surface area (Å²) >= 11 is 0. The summed E-state index contributed by atoms with van der Waals surface area (Å²) in [6.07, 6.45) is 5.28. The number of nitrogens with two attached hydrogens (primary N) is 1. The molecule has 0 aliphatic carbocycles. The highest BCUT2D eigenvalue weighted by Crippen LogP contribution is 2.14. The van der Waals surface area contributed by atoms with E-state index in [1.807, 2.05) is 0 Å². The number of carbonyl (C=O) groups is 1. The second-order valence-electron chi connectivity index (χ2n) is 3.90. The molecule has 1 amide bonds. The molecular formula is C11H18N4O3. The Morgan fingerprint density at radius 1 is 1.39 bits per heavy atom. The second-order valence-corrected chi connectivity index (χ2v) is 3.90. The molecule has 0 unspecified atom stereocenters. The van der Waals surface area contributed by atoms with Crippen molar-refractivity contribution < 1.29 is 15.0 Å². The molecule has 2 heterocycles. The van der Waals surface area contributed by atoms with Crippen molar-refractivity contribution >= 4 is 11.8 Å². The summed E-state index contributed by atoms with van der Waals surface area (Å²) in [4.78, 5) is 13.7. The van der Waals surface area contributed by atoms with Crippen LogP contribution in [-0.2, 0) is 0 Å². The minimum absolute atomic E-state index is 0.0347. The van der Waals surface area contributed by atoms with Crippen molar-refractivity contribution in [3.63, 3.8) is 0 Å². The summed E-state index contributed by atoms with van der Waals surface area (Å²) in [5, 5.41) is 18.8. The lowest BCUT2D eigenvalue weighted by Crippen LogP contribution is -2.44. The zero-order chi connectivity index (χ0) is 13.4. The van der Waals surface area contributed by atoms with Crippen molar-refractivity contribution in [1.29, 1.82) is 0 Å². The number of aromatic nitrogens is 1. The molecule has 1 fully saturated rings.